The lowest BCUT2D eigenvalue weighted by Gasteiger charge is -2.31. The summed E-state index contributed by atoms with van der Waals surface area (Å²) < 4.78 is 11.4. The number of nitrogens with two attached hydrogens (primary N) is 1. The van der Waals surface area contributed by atoms with Crippen LogP contribution in [0.15, 0.2) is 53.2 Å². The number of amides is 1. The predicted octanol–water partition coefficient (Wildman–Crippen LogP) is 2.32. The second-order valence-electron chi connectivity index (χ2n) is 7.03. The largest absolute Gasteiger partial charge is 0.490 e. The summed E-state index contributed by atoms with van der Waals surface area (Å²) in [6.07, 6.45) is 4.19. The van der Waals surface area contributed by atoms with Gasteiger partial charge in [-0.25, -0.2) is 0 Å². The Balaban J connectivity index is 1.24. The number of carbonyl (C=O) groups excluding carboxylic acids is 1. The lowest BCUT2D eigenvalue weighted by molar-refractivity contribution is 0.0972. The van der Waals surface area contributed by atoms with Crippen molar-refractivity contribution in [3.05, 3.63) is 60.2 Å². The molecule has 1 aliphatic rings. The van der Waals surface area contributed by atoms with Crippen LogP contribution in [0.3, 0.4) is 0 Å². The zero-order chi connectivity index (χ0) is 20.1. The highest BCUT2D eigenvalue weighted by Gasteiger charge is 2.21. The minimum absolute atomic E-state index is 0.113. The number of hydrogen-bond acceptors (Lipinski definition) is 7. The molecule has 2 aromatic heterocycles. The Bertz CT molecular complexity index is 952. The molecule has 1 saturated heterocycles. The molecule has 0 spiro atoms. The second kappa shape index (κ2) is 8.83. The van der Waals surface area contributed by atoms with Gasteiger partial charge in [0.15, 0.2) is 0 Å². The van der Waals surface area contributed by atoms with Gasteiger partial charge in [-0.05, 0) is 18.9 Å². The maximum absolute atomic E-state index is 11.2. The van der Waals surface area contributed by atoms with Gasteiger partial charge in [0.1, 0.15) is 17.5 Å². The third-order valence-corrected chi connectivity index (χ3v) is 4.96. The molecule has 8 heteroatoms. The quantitative estimate of drug-likeness (QED) is 0.656. The fourth-order valence-corrected chi connectivity index (χ4v) is 3.38. The van der Waals surface area contributed by atoms with Crippen LogP contribution in [-0.4, -0.2) is 51.7 Å². The molecule has 8 nitrogen and oxygen atoms in total. The molecular formula is C21H23N5O3. The number of pyridine rings is 1. The van der Waals surface area contributed by atoms with Crippen molar-refractivity contribution < 1.29 is 14.1 Å². The third kappa shape index (κ3) is 4.97. The number of hydrogen-bond donors (Lipinski definition) is 1. The van der Waals surface area contributed by atoms with E-state index in [4.69, 9.17) is 15.0 Å². The number of nitrogens with zero attached hydrogens (tertiary/aromatic N) is 4. The number of benzene rings is 1. The number of piperidine rings is 1. The summed E-state index contributed by atoms with van der Waals surface area (Å²) in [5.41, 5.74) is 6.44. The monoisotopic (exact) mass is 393 g/mol. The van der Waals surface area contributed by atoms with E-state index in [9.17, 15) is 4.79 Å². The third-order valence-electron chi connectivity index (χ3n) is 4.96. The molecule has 0 radical (unpaired) electrons. The summed E-state index contributed by atoms with van der Waals surface area (Å²) in [6, 6.07) is 13.1. The highest BCUT2D eigenvalue weighted by Crippen LogP contribution is 2.20. The Morgan fingerprint density at radius 2 is 2.00 bits per heavy atom. The summed E-state index contributed by atoms with van der Waals surface area (Å²) >= 11 is 0. The van der Waals surface area contributed by atoms with E-state index < -0.39 is 5.91 Å². The molecule has 150 valence electrons. The molecule has 3 aromatic rings. The highest BCUT2D eigenvalue weighted by molar-refractivity contribution is 5.91. The Kier molecular flexibility index (Phi) is 5.81. The minimum atomic E-state index is -0.554. The smallest absolute Gasteiger partial charge is 0.267 e. The molecule has 1 amide bonds. The standard InChI is InChI=1S/C21H23N5O3/c22-20(27)18-14-17(6-10-23-18)28-16-7-11-26(12-8-16)13-9-19-24-21(25-29-19)15-4-2-1-3-5-15/h1-6,10,14,16H,7-9,11-13H2,(H2,22,27). The van der Waals surface area contributed by atoms with Gasteiger partial charge in [0.05, 0.1) is 0 Å². The average Bonchev–Trinajstić information content (AvgIpc) is 3.23. The molecule has 1 aromatic carbocycles. The van der Waals surface area contributed by atoms with Crippen molar-refractivity contribution in [2.24, 2.45) is 5.73 Å². The molecule has 29 heavy (non-hydrogen) atoms. The van der Waals surface area contributed by atoms with E-state index >= 15 is 0 Å². The summed E-state index contributed by atoms with van der Waals surface area (Å²) in [5, 5.41) is 4.07. The van der Waals surface area contributed by atoms with Crippen molar-refractivity contribution in [2.75, 3.05) is 19.6 Å². The van der Waals surface area contributed by atoms with E-state index in [-0.39, 0.29) is 11.8 Å². The molecule has 0 bridgehead atoms. The molecule has 2 N–H and O–H groups in total. The Morgan fingerprint density at radius 3 is 2.76 bits per heavy atom. The van der Waals surface area contributed by atoms with Crippen LogP contribution in [0, 0.1) is 0 Å². The van der Waals surface area contributed by atoms with E-state index in [0.29, 0.717) is 17.5 Å². The Morgan fingerprint density at radius 1 is 1.21 bits per heavy atom. The van der Waals surface area contributed by atoms with Crippen molar-refractivity contribution in [2.45, 2.75) is 25.4 Å². The Labute approximate surface area is 168 Å². The highest BCUT2D eigenvalue weighted by atomic mass is 16.5. The first-order valence-corrected chi connectivity index (χ1v) is 9.70. The van der Waals surface area contributed by atoms with E-state index in [2.05, 4.69) is 20.0 Å². The number of likely N-dealkylation sites (tertiary alicyclic amines) is 1. The zero-order valence-electron chi connectivity index (χ0n) is 16.0. The molecule has 1 fully saturated rings. The van der Waals surface area contributed by atoms with Gasteiger partial charge in [-0.15, -0.1) is 0 Å². The molecule has 1 aliphatic heterocycles. The summed E-state index contributed by atoms with van der Waals surface area (Å²) in [5.74, 6) is 1.35. The molecule has 0 atom stereocenters. The van der Waals surface area contributed by atoms with Crippen molar-refractivity contribution in [1.29, 1.82) is 0 Å². The van der Waals surface area contributed by atoms with Gasteiger partial charge >= 0.3 is 0 Å². The number of primary amides is 1. The number of aromatic nitrogens is 3. The van der Waals surface area contributed by atoms with Crippen LogP contribution in [0.5, 0.6) is 5.75 Å². The predicted molar refractivity (Wildman–Crippen MR) is 106 cm³/mol. The maximum atomic E-state index is 11.2. The normalized spacial score (nSPS) is 15.3. The van der Waals surface area contributed by atoms with Gasteiger partial charge in [0, 0.05) is 43.9 Å². The SMILES string of the molecule is NC(=O)c1cc(OC2CCN(CCc3nc(-c4ccccc4)no3)CC2)ccn1. The van der Waals surface area contributed by atoms with Crippen LogP contribution >= 0.6 is 0 Å². The van der Waals surface area contributed by atoms with Gasteiger partial charge in [0.2, 0.25) is 11.7 Å². The number of carbonyl (C=O) groups is 1. The fraction of sp³-hybridized carbons (Fsp3) is 0.333. The zero-order valence-corrected chi connectivity index (χ0v) is 16.0. The van der Waals surface area contributed by atoms with Crippen LogP contribution in [-0.2, 0) is 6.42 Å². The van der Waals surface area contributed by atoms with E-state index in [1.54, 1.807) is 18.3 Å². The van der Waals surface area contributed by atoms with E-state index in [0.717, 1.165) is 44.5 Å². The van der Waals surface area contributed by atoms with Crippen molar-refractivity contribution >= 4 is 5.91 Å². The fourth-order valence-electron chi connectivity index (χ4n) is 3.38. The first kappa shape index (κ1) is 19.1. The first-order valence-electron chi connectivity index (χ1n) is 9.70. The van der Waals surface area contributed by atoms with Crippen LogP contribution in [0.25, 0.3) is 11.4 Å². The molecule has 0 aliphatic carbocycles. The van der Waals surface area contributed by atoms with Gasteiger partial charge in [0.25, 0.3) is 5.91 Å². The summed E-state index contributed by atoms with van der Waals surface area (Å²) in [6.45, 7) is 2.72. The van der Waals surface area contributed by atoms with Gasteiger partial charge in [-0.1, -0.05) is 35.5 Å². The van der Waals surface area contributed by atoms with E-state index in [1.807, 2.05) is 30.3 Å². The summed E-state index contributed by atoms with van der Waals surface area (Å²) in [7, 11) is 0. The summed E-state index contributed by atoms with van der Waals surface area (Å²) in [4.78, 5) is 22.0. The van der Waals surface area contributed by atoms with Gasteiger partial charge in [-0.3, -0.25) is 9.78 Å². The molecule has 4 rings (SSSR count). The average molecular weight is 393 g/mol. The second-order valence-corrected chi connectivity index (χ2v) is 7.03. The van der Waals surface area contributed by atoms with Crippen LogP contribution < -0.4 is 10.5 Å². The lowest BCUT2D eigenvalue weighted by Crippen LogP contribution is -2.39. The number of rotatable bonds is 7. The topological polar surface area (TPSA) is 107 Å². The molecule has 0 saturated carbocycles. The maximum Gasteiger partial charge on any atom is 0.267 e. The van der Waals surface area contributed by atoms with Gasteiger partial charge in [-0.2, -0.15) is 4.98 Å². The van der Waals surface area contributed by atoms with Crippen LogP contribution in [0.4, 0.5) is 0 Å². The number of ether oxygens (including phenoxy) is 1. The van der Waals surface area contributed by atoms with Crippen molar-refractivity contribution in [3.8, 4) is 17.1 Å². The van der Waals surface area contributed by atoms with Crippen molar-refractivity contribution in [1.82, 2.24) is 20.0 Å². The van der Waals surface area contributed by atoms with Crippen LogP contribution in [0.1, 0.15) is 29.2 Å². The first-order chi connectivity index (χ1) is 14.2. The van der Waals surface area contributed by atoms with Crippen molar-refractivity contribution in [3.63, 3.8) is 0 Å². The van der Waals surface area contributed by atoms with E-state index in [1.165, 1.54) is 0 Å². The van der Waals surface area contributed by atoms with Gasteiger partial charge < -0.3 is 19.9 Å². The molecule has 0 unspecified atom stereocenters. The molecular weight excluding hydrogens is 370 g/mol. The van der Waals surface area contributed by atoms with Crippen LogP contribution in [0.2, 0.25) is 0 Å². The minimum Gasteiger partial charge on any atom is -0.490 e. The lowest BCUT2D eigenvalue weighted by atomic mass is 10.1. The molecule has 3 heterocycles. The Hall–Kier alpha value is -3.26.